The number of imide groups is 1. The Bertz CT molecular complexity index is 1160. The molecule has 1 saturated heterocycles. The van der Waals surface area contributed by atoms with Crippen molar-refractivity contribution < 1.29 is 14.3 Å². The summed E-state index contributed by atoms with van der Waals surface area (Å²) in [6.45, 7) is 0.543. The minimum atomic E-state index is -0.331. The molecule has 1 heterocycles. The Morgan fingerprint density at radius 3 is 2.48 bits per heavy atom. The van der Waals surface area contributed by atoms with Gasteiger partial charge in [0.25, 0.3) is 11.1 Å². The molecule has 3 aromatic rings. The summed E-state index contributed by atoms with van der Waals surface area (Å²) < 4.78 is 5.84. The van der Waals surface area contributed by atoms with Crippen LogP contribution in [0.3, 0.4) is 0 Å². The van der Waals surface area contributed by atoms with Crippen molar-refractivity contribution in [1.82, 2.24) is 4.90 Å². The molecular formula is C24H17Cl2NO3S. The van der Waals surface area contributed by atoms with Gasteiger partial charge in [-0.05, 0) is 64.9 Å². The summed E-state index contributed by atoms with van der Waals surface area (Å²) in [6, 6.07) is 22.0. The number of amides is 2. The molecule has 156 valence electrons. The van der Waals surface area contributed by atoms with Crippen LogP contribution in [0.1, 0.15) is 16.7 Å². The van der Waals surface area contributed by atoms with Gasteiger partial charge in [0.15, 0.2) is 0 Å². The topological polar surface area (TPSA) is 46.6 Å². The highest BCUT2D eigenvalue weighted by molar-refractivity contribution is 8.18. The minimum absolute atomic E-state index is 0.145. The average Bonchev–Trinajstić information content (AvgIpc) is 3.02. The molecule has 4 nitrogen and oxygen atoms in total. The van der Waals surface area contributed by atoms with Crippen LogP contribution in [0.4, 0.5) is 4.79 Å². The van der Waals surface area contributed by atoms with E-state index in [0.717, 1.165) is 28.5 Å². The van der Waals surface area contributed by atoms with Gasteiger partial charge in [0.05, 0.1) is 11.4 Å². The summed E-state index contributed by atoms with van der Waals surface area (Å²) in [5, 5.41) is 0.886. The fourth-order valence-corrected chi connectivity index (χ4v) is 4.19. The molecule has 0 radical (unpaired) electrons. The Hall–Kier alpha value is -2.73. The largest absolute Gasteiger partial charge is 0.489 e. The number of hydrogen-bond donors (Lipinski definition) is 0. The van der Waals surface area contributed by atoms with Gasteiger partial charge in [0.2, 0.25) is 0 Å². The second kappa shape index (κ2) is 9.60. The summed E-state index contributed by atoms with van der Waals surface area (Å²) in [5.74, 6) is 0.335. The molecule has 1 fully saturated rings. The van der Waals surface area contributed by atoms with Crippen LogP contribution in [0.2, 0.25) is 10.0 Å². The summed E-state index contributed by atoms with van der Waals surface area (Å²) in [7, 11) is 0. The Kier molecular flexibility index (Phi) is 6.66. The van der Waals surface area contributed by atoms with Crippen molar-refractivity contribution >= 4 is 52.2 Å². The highest BCUT2D eigenvalue weighted by Gasteiger charge is 2.35. The average molecular weight is 470 g/mol. The summed E-state index contributed by atoms with van der Waals surface area (Å²) >= 11 is 13.0. The van der Waals surface area contributed by atoms with E-state index in [0.29, 0.717) is 27.3 Å². The van der Waals surface area contributed by atoms with Gasteiger partial charge in [0.1, 0.15) is 12.4 Å². The molecule has 4 rings (SSSR count). The number of carbonyl (C=O) groups excluding carboxylic acids is 2. The smallest absolute Gasteiger partial charge is 0.293 e. The molecule has 0 atom stereocenters. The van der Waals surface area contributed by atoms with Gasteiger partial charge in [0, 0.05) is 10.0 Å². The molecule has 7 heteroatoms. The number of halogens is 2. The maximum Gasteiger partial charge on any atom is 0.293 e. The lowest BCUT2D eigenvalue weighted by atomic mass is 10.2. The molecule has 0 unspecified atom stereocenters. The third kappa shape index (κ3) is 5.31. The van der Waals surface area contributed by atoms with E-state index in [4.69, 9.17) is 27.9 Å². The monoisotopic (exact) mass is 469 g/mol. The Morgan fingerprint density at radius 2 is 1.71 bits per heavy atom. The molecule has 0 aliphatic carbocycles. The Labute approximate surface area is 194 Å². The maximum absolute atomic E-state index is 12.8. The van der Waals surface area contributed by atoms with E-state index in [1.807, 2.05) is 60.7 Å². The Balaban J connectivity index is 1.46. The van der Waals surface area contributed by atoms with Gasteiger partial charge in [-0.1, -0.05) is 65.7 Å². The van der Waals surface area contributed by atoms with Crippen molar-refractivity contribution in [3.8, 4) is 5.75 Å². The first-order chi connectivity index (χ1) is 15.0. The third-order valence-corrected chi connectivity index (χ3v) is 6.16. The summed E-state index contributed by atoms with van der Waals surface area (Å²) in [4.78, 5) is 26.8. The van der Waals surface area contributed by atoms with Crippen LogP contribution in [0.25, 0.3) is 6.08 Å². The van der Waals surface area contributed by atoms with Gasteiger partial charge < -0.3 is 4.74 Å². The quantitative estimate of drug-likeness (QED) is 0.372. The number of nitrogens with zero attached hydrogens (tertiary/aromatic N) is 1. The van der Waals surface area contributed by atoms with E-state index in [9.17, 15) is 9.59 Å². The van der Waals surface area contributed by atoms with Crippen molar-refractivity contribution in [3.05, 3.63) is 104 Å². The number of rotatable bonds is 6. The van der Waals surface area contributed by atoms with E-state index < -0.39 is 0 Å². The van der Waals surface area contributed by atoms with Gasteiger partial charge in [-0.3, -0.25) is 14.5 Å². The number of ether oxygens (including phenoxy) is 1. The summed E-state index contributed by atoms with van der Waals surface area (Å²) in [6.07, 6.45) is 1.70. The number of benzene rings is 3. The first-order valence-corrected chi connectivity index (χ1v) is 11.0. The van der Waals surface area contributed by atoms with Gasteiger partial charge in [-0.25, -0.2) is 0 Å². The van der Waals surface area contributed by atoms with Crippen LogP contribution >= 0.6 is 35.0 Å². The Morgan fingerprint density at radius 1 is 0.935 bits per heavy atom. The van der Waals surface area contributed by atoms with E-state index in [2.05, 4.69) is 0 Å². The molecule has 0 aromatic heterocycles. The lowest BCUT2D eigenvalue weighted by Gasteiger charge is -2.13. The zero-order valence-electron chi connectivity index (χ0n) is 16.3. The van der Waals surface area contributed by atoms with E-state index >= 15 is 0 Å². The molecule has 1 aliphatic rings. The molecule has 0 bridgehead atoms. The normalized spacial score (nSPS) is 15.0. The highest BCUT2D eigenvalue weighted by Crippen LogP contribution is 2.34. The SMILES string of the molecule is O=C1S/C(=C/c2cccc(OCc3ccc(Cl)cc3)c2)C(=O)N1Cc1ccccc1Cl. The third-order valence-electron chi connectivity index (χ3n) is 4.63. The molecule has 0 N–H and O–H groups in total. The van der Waals surface area contributed by atoms with Crippen LogP contribution in [-0.4, -0.2) is 16.0 Å². The lowest BCUT2D eigenvalue weighted by Crippen LogP contribution is -2.27. The van der Waals surface area contributed by atoms with Crippen molar-refractivity contribution in [2.24, 2.45) is 0 Å². The van der Waals surface area contributed by atoms with E-state index in [-0.39, 0.29) is 17.7 Å². The molecule has 2 amide bonds. The van der Waals surface area contributed by atoms with Crippen LogP contribution in [0, 0.1) is 0 Å². The standard InChI is InChI=1S/C24H17Cl2NO3S/c25-19-10-8-16(9-11-19)15-30-20-6-3-4-17(12-20)13-22-23(28)27(24(29)31-22)14-18-5-1-2-7-21(18)26/h1-13H,14-15H2/b22-13+. The zero-order valence-corrected chi connectivity index (χ0v) is 18.6. The van der Waals surface area contributed by atoms with Crippen molar-refractivity contribution in [3.63, 3.8) is 0 Å². The minimum Gasteiger partial charge on any atom is -0.489 e. The molecule has 0 spiro atoms. The number of carbonyl (C=O) groups is 2. The molecule has 3 aromatic carbocycles. The van der Waals surface area contributed by atoms with Gasteiger partial charge in [-0.15, -0.1) is 0 Å². The lowest BCUT2D eigenvalue weighted by molar-refractivity contribution is -0.123. The first-order valence-electron chi connectivity index (χ1n) is 9.46. The second-order valence-electron chi connectivity index (χ2n) is 6.85. The molecule has 0 saturated carbocycles. The molecule has 1 aliphatic heterocycles. The zero-order chi connectivity index (χ0) is 21.8. The molecular weight excluding hydrogens is 453 g/mol. The maximum atomic E-state index is 12.8. The molecule has 31 heavy (non-hydrogen) atoms. The highest BCUT2D eigenvalue weighted by atomic mass is 35.5. The fourth-order valence-electron chi connectivity index (χ4n) is 3.03. The predicted octanol–water partition coefficient (Wildman–Crippen LogP) is 6.81. The number of hydrogen-bond acceptors (Lipinski definition) is 4. The van der Waals surface area contributed by atoms with Crippen LogP contribution in [0.5, 0.6) is 5.75 Å². The van der Waals surface area contributed by atoms with Crippen molar-refractivity contribution in [2.75, 3.05) is 0 Å². The number of thioether (sulfide) groups is 1. The predicted molar refractivity (Wildman–Crippen MR) is 125 cm³/mol. The van der Waals surface area contributed by atoms with Crippen molar-refractivity contribution in [1.29, 1.82) is 0 Å². The van der Waals surface area contributed by atoms with Crippen LogP contribution in [0.15, 0.2) is 77.7 Å². The summed E-state index contributed by atoms with van der Waals surface area (Å²) in [5.41, 5.74) is 2.50. The van der Waals surface area contributed by atoms with Crippen LogP contribution in [-0.2, 0) is 17.9 Å². The van der Waals surface area contributed by atoms with Gasteiger partial charge >= 0.3 is 0 Å². The van der Waals surface area contributed by atoms with Crippen molar-refractivity contribution in [2.45, 2.75) is 13.2 Å². The second-order valence-corrected chi connectivity index (χ2v) is 8.68. The van der Waals surface area contributed by atoms with Crippen LogP contribution < -0.4 is 4.74 Å². The van der Waals surface area contributed by atoms with E-state index in [1.54, 1.807) is 18.2 Å². The van der Waals surface area contributed by atoms with E-state index in [1.165, 1.54) is 4.90 Å². The van der Waals surface area contributed by atoms with Gasteiger partial charge in [-0.2, -0.15) is 0 Å². The fraction of sp³-hybridized carbons (Fsp3) is 0.0833. The first kappa shape index (κ1) is 21.5.